The molecular formula is C5H10N2O3S. The highest BCUT2D eigenvalue weighted by Gasteiger charge is 2.14. The molecule has 0 atom stereocenters. The third-order valence-corrected chi connectivity index (χ3v) is 2.50. The van der Waals surface area contributed by atoms with Crippen LogP contribution >= 0.6 is 0 Å². The van der Waals surface area contributed by atoms with E-state index in [0.717, 1.165) is 11.4 Å². The van der Waals surface area contributed by atoms with Crippen LogP contribution in [0.3, 0.4) is 0 Å². The molecule has 0 N–H and O–H groups in total. The fourth-order valence-electron chi connectivity index (χ4n) is 0.446. The van der Waals surface area contributed by atoms with Crippen LogP contribution in [0.5, 0.6) is 0 Å². The van der Waals surface area contributed by atoms with E-state index in [0.29, 0.717) is 0 Å². The first-order chi connectivity index (χ1) is 5.04. The molecule has 5 nitrogen and oxygen atoms in total. The molecular weight excluding hydrogens is 168 g/mol. The SMILES string of the molecule is COS(=O)(=O)N(C)CCC#N. The molecule has 0 fully saturated rings. The van der Waals surface area contributed by atoms with Crippen LogP contribution in [0.15, 0.2) is 0 Å². The average molecular weight is 178 g/mol. The summed E-state index contributed by atoms with van der Waals surface area (Å²) in [6, 6.07) is 1.83. The van der Waals surface area contributed by atoms with Gasteiger partial charge in [0.1, 0.15) is 0 Å². The number of nitriles is 1. The van der Waals surface area contributed by atoms with Crippen LogP contribution in [-0.4, -0.2) is 33.4 Å². The summed E-state index contributed by atoms with van der Waals surface area (Å²) in [5, 5.41) is 8.14. The van der Waals surface area contributed by atoms with Gasteiger partial charge in [-0.25, -0.2) is 0 Å². The van der Waals surface area contributed by atoms with Crippen molar-refractivity contribution in [1.82, 2.24) is 4.31 Å². The maximum atomic E-state index is 10.8. The smallest absolute Gasteiger partial charge is 0.261 e. The highest BCUT2D eigenvalue weighted by Crippen LogP contribution is 1.97. The Morgan fingerprint density at radius 3 is 2.55 bits per heavy atom. The molecule has 0 aliphatic heterocycles. The molecule has 0 amide bonds. The van der Waals surface area contributed by atoms with Crippen LogP contribution in [0, 0.1) is 11.3 Å². The Balaban J connectivity index is 4.05. The van der Waals surface area contributed by atoms with E-state index in [2.05, 4.69) is 4.18 Å². The molecule has 0 aromatic carbocycles. The van der Waals surface area contributed by atoms with Gasteiger partial charge < -0.3 is 0 Å². The summed E-state index contributed by atoms with van der Waals surface area (Å²) in [6.07, 6.45) is 0.166. The first-order valence-corrected chi connectivity index (χ1v) is 4.30. The van der Waals surface area contributed by atoms with Gasteiger partial charge in [0.25, 0.3) is 0 Å². The van der Waals surface area contributed by atoms with Gasteiger partial charge in [-0.1, -0.05) is 0 Å². The molecule has 0 aliphatic carbocycles. The fraction of sp³-hybridized carbons (Fsp3) is 0.800. The molecule has 0 saturated heterocycles. The van der Waals surface area contributed by atoms with Gasteiger partial charge in [0, 0.05) is 20.0 Å². The molecule has 0 rings (SSSR count). The Morgan fingerprint density at radius 2 is 2.18 bits per heavy atom. The summed E-state index contributed by atoms with van der Waals surface area (Å²) in [4.78, 5) is 0. The topological polar surface area (TPSA) is 70.4 Å². The van der Waals surface area contributed by atoms with E-state index in [4.69, 9.17) is 5.26 Å². The Morgan fingerprint density at radius 1 is 1.64 bits per heavy atom. The number of nitrogens with zero attached hydrogens (tertiary/aromatic N) is 2. The average Bonchev–Trinajstić information content (AvgIpc) is 2.00. The molecule has 6 heteroatoms. The van der Waals surface area contributed by atoms with Gasteiger partial charge in [0.05, 0.1) is 13.2 Å². The zero-order valence-corrected chi connectivity index (χ0v) is 7.26. The van der Waals surface area contributed by atoms with Crippen molar-refractivity contribution in [3.8, 4) is 6.07 Å². The van der Waals surface area contributed by atoms with Gasteiger partial charge in [-0.05, 0) is 0 Å². The summed E-state index contributed by atoms with van der Waals surface area (Å²) >= 11 is 0. The maximum Gasteiger partial charge on any atom is 0.337 e. The van der Waals surface area contributed by atoms with E-state index in [1.165, 1.54) is 7.05 Å². The molecule has 0 aromatic rings. The molecule has 0 spiro atoms. The van der Waals surface area contributed by atoms with Crippen molar-refractivity contribution in [3.63, 3.8) is 0 Å². The van der Waals surface area contributed by atoms with Crippen LogP contribution < -0.4 is 0 Å². The molecule has 0 heterocycles. The fourth-order valence-corrected chi connectivity index (χ4v) is 1.02. The van der Waals surface area contributed by atoms with Crippen molar-refractivity contribution in [2.45, 2.75) is 6.42 Å². The van der Waals surface area contributed by atoms with Gasteiger partial charge in [-0.2, -0.15) is 18.0 Å². The van der Waals surface area contributed by atoms with Crippen molar-refractivity contribution in [2.75, 3.05) is 20.7 Å². The van der Waals surface area contributed by atoms with Gasteiger partial charge in [0.15, 0.2) is 0 Å². The van der Waals surface area contributed by atoms with E-state index in [1.54, 1.807) is 0 Å². The van der Waals surface area contributed by atoms with Gasteiger partial charge in [0.2, 0.25) is 0 Å². The second-order valence-corrected chi connectivity index (χ2v) is 3.67. The lowest BCUT2D eigenvalue weighted by Gasteiger charge is -2.12. The van der Waals surface area contributed by atoms with E-state index < -0.39 is 10.3 Å². The first kappa shape index (κ1) is 10.4. The van der Waals surface area contributed by atoms with Gasteiger partial charge >= 0.3 is 10.3 Å². The molecule has 11 heavy (non-hydrogen) atoms. The second-order valence-electron chi connectivity index (χ2n) is 1.85. The van der Waals surface area contributed by atoms with Crippen LogP contribution in [0.25, 0.3) is 0 Å². The molecule has 64 valence electrons. The lowest BCUT2D eigenvalue weighted by Crippen LogP contribution is -2.28. The molecule has 0 aromatic heterocycles. The Bertz CT molecular complexity index is 241. The molecule has 0 radical (unpaired) electrons. The van der Waals surface area contributed by atoms with Crippen LogP contribution in [0.1, 0.15) is 6.42 Å². The summed E-state index contributed by atoms with van der Waals surface area (Å²) in [6.45, 7) is 0.159. The minimum atomic E-state index is -3.59. The van der Waals surface area contributed by atoms with Gasteiger partial charge in [-0.3, -0.25) is 4.18 Å². The Kier molecular flexibility index (Phi) is 4.03. The number of hydrogen-bond acceptors (Lipinski definition) is 4. The van der Waals surface area contributed by atoms with Crippen LogP contribution in [0.4, 0.5) is 0 Å². The first-order valence-electron chi connectivity index (χ1n) is 2.93. The molecule has 0 saturated carbocycles. The van der Waals surface area contributed by atoms with Crippen molar-refractivity contribution < 1.29 is 12.6 Å². The summed E-state index contributed by atoms with van der Waals surface area (Å²) in [5.41, 5.74) is 0. The maximum absolute atomic E-state index is 10.8. The lowest BCUT2D eigenvalue weighted by atomic mass is 10.5. The predicted octanol–water partition coefficient (Wildman–Crippen LogP) is -0.277. The van der Waals surface area contributed by atoms with Crippen molar-refractivity contribution in [3.05, 3.63) is 0 Å². The monoisotopic (exact) mass is 178 g/mol. The lowest BCUT2D eigenvalue weighted by molar-refractivity contribution is 0.337. The number of hydrogen-bond donors (Lipinski definition) is 0. The minimum Gasteiger partial charge on any atom is -0.261 e. The largest absolute Gasteiger partial charge is 0.337 e. The Hall–Kier alpha value is -0.640. The van der Waals surface area contributed by atoms with Crippen LogP contribution in [0.2, 0.25) is 0 Å². The van der Waals surface area contributed by atoms with E-state index in [1.807, 2.05) is 6.07 Å². The normalized spacial score (nSPS) is 11.5. The molecule has 0 bridgehead atoms. The minimum absolute atomic E-state index is 0.159. The quantitative estimate of drug-likeness (QED) is 0.593. The van der Waals surface area contributed by atoms with E-state index >= 15 is 0 Å². The van der Waals surface area contributed by atoms with Crippen LogP contribution in [-0.2, 0) is 14.5 Å². The zero-order valence-electron chi connectivity index (χ0n) is 6.44. The summed E-state index contributed by atoms with van der Waals surface area (Å²) in [7, 11) is -1.15. The predicted molar refractivity (Wildman–Crippen MR) is 38.8 cm³/mol. The van der Waals surface area contributed by atoms with Crippen molar-refractivity contribution >= 4 is 10.3 Å². The third-order valence-electron chi connectivity index (χ3n) is 1.13. The Labute approximate surface area is 66.4 Å². The van der Waals surface area contributed by atoms with E-state index in [-0.39, 0.29) is 13.0 Å². The highest BCUT2D eigenvalue weighted by atomic mass is 32.2. The third kappa shape index (κ3) is 3.32. The molecule has 0 unspecified atom stereocenters. The van der Waals surface area contributed by atoms with Gasteiger partial charge in [-0.15, -0.1) is 0 Å². The highest BCUT2D eigenvalue weighted by molar-refractivity contribution is 7.84. The zero-order chi connectivity index (χ0) is 8.91. The van der Waals surface area contributed by atoms with E-state index in [9.17, 15) is 8.42 Å². The summed E-state index contributed by atoms with van der Waals surface area (Å²) in [5.74, 6) is 0. The second kappa shape index (κ2) is 4.28. The van der Waals surface area contributed by atoms with Crippen molar-refractivity contribution in [1.29, 1.82) is 5.26 Å². The number of rotatable bonds is 4. The van der Waals surface area contributed by atoms with Crippen molar-refractivity contribution in [2.24, 2.45) is 0 Å². The standard InChI is InChI=1S/C5H10N2O3S/c1-7(5-3-4-6)11(8,9)10-2/h3,5H2,1-2H3. The summed E-state index contributed by atoms with van der Waals surface area (Å²) < 4.78 is 26.8. The molecule has 0 aliphatic rings.